The fraction of sp³-hybridized carbons (Fsp3) is 0.417. The summed E-state index contributed by atoms with van der Waals surface area (Å²) in [5, 5.41) is 18.2. The van der Waals surface area contributed by atoms with E-state index in [-0.39, 0.29) is 17.5 Å². The van der Waals surface area contributed by atoms with Gasteiger partial charge >= 0.3 is 0 Å². The van der Waals surface area contributed by atoms with Crippen molar-refractivity contribution in [3.05, 3.63) is 27.7 Å². The molecule has 2 aromatic rings. The Kier molecular flexibility index (Phi) is 4.86. The van der Waals surface area contributed by atoms with Crippen LogP contribution in [0, 0.1) is 0 Å². The lowest BCUT2D eigenvalue weighted by Gasteiger charge is -2.07. The third-order valence-electron chi connectivity index (χ3n) is 2.83. The van der Waals surface area contributed by atoms with Crippen molar-refractivity contribution in [1.29, 1.82) is 0 Å². The number of anilines is 1. The normalized spacial score (nSPS) is 11.6. The molecule has 9 heteroatoms. The number of rotatable bonds is 6. The van der Waals surface area contributed by atoms with Crippen molar-refractivity contribution in [1.82, 2.24) is 15.2 Å². The number of aliphatic hydroxyl groups excluding tert-OH is 1. The van der Waals surface area contributed by atoms with Crippen LogP contribution in [-0.4, -0.2) is 28.7 Å². The number of sulfonamides is 1. The quantitative estimate of drug-likeness (QED) is 0.829. The number of nitrogens with zero attached hydrogens (tertiary/aromatic N) is 3. The Hall–Kier alpha value is -1.58. The zero-order valence-electron chi connectivity index (χ0n) is 11.7. The van der Waals surface area contributed by atoms with Gasteiger partial charge in [-0.15, -0.1) is 21.5 Å². The van der Waals surface area contributed by atoms with Crippen molar-refractivity contribution >= 4 is 27.3 Å². The summed E-state index contributed by atoms with van der Waals surface area (Å²) in [6.07, 6.45) is 1.35. The third-order valence-corrected chi connectivity index (χ3v) is 5.21. The number of nitrogens with one attached hydrogen (secondary N) is 1. The lowest BCUT2D eigenvalue weighted by atomic mass is 10.2. The van der Waals surface area contributed by atoms with Gasteiger partial charge in [0, 0.05) is 10.3 Å². The molecule has 2 aromatic heterocycles. The lowest BCUT2D eigenvalue weighted by molar-refractivity contribution is 0.285. The smallest absolute Gasteiger partial charge is 0.265 e. The van der Waals surface area contributed by atoms with Crippen LogP contribution in [0.5, 0.6) is 0 Å². The molecule has 0 aliphatic rings. The first-order valence-corrected chi connectivity index (χ1v) is 8.80. The summed E-state index contributed by atoms with van der Waals surface area (Å²) in [4.78, 5) is 4.85. The average Bonchev–Trinajstić information content (AvgIpc) is 2.96. The highest BCUT2D eigenvalue weighted by molar-refractivity contribution is 7.92. The fourth-order valence-corrected chi connectivity index (χ4v) is 3.82. The maximum Gasteiger partial charge on any atom is 0.265 e. The number of aliphatic hydroxyl groups is 1. The van der Waals surface area contributed by atoms with E-state index in [9.17, 15) is 8.42 Å². The Labute approximate surface area is 127 Å². The minimum Gasteiger partial charge on any atom is -0.391 e. The van der Waals surface area contributed by atoms with E-state index in [0.29, 0.717) is 17.7 Å². The monoisotopic (exact) mass is 328 g/mol. The molecule has 0 bridgehead atoms. The molecule has 0 saturated carbocycles. The van der Waals surface area contributed by atoms with E-state index in [4.69, 9.17) is 5.11 Å². The number of hydrogen-bond acceptors (Lipinski definition) is 7. The summed E-state index contributed by atoms with van der Waals surface area (Å²) in [5.41, 5.74) is 1.49. The Bertz CT molecular complexity index is 728. The highest BCUT2D eigenvalue weighted by atomic mass is 32.2. The highest BCUT2D eigenvalue weighted by Crippen LogP contribution is 2.21. The van der Waals surface area contributed by atoms with E-state index >= 15 is 0 Å². The van der Waals surface area contributed by atoms with Gasteiger partial charge in [0.25, 0.3) is 16.0 Å². The first-order valence-electron chi connectivity index (χ1n) is 6.43. The first-order chi connectivity index (χ1) is 10.00. The highest BCUT2D eigenvalue weighted by Gasteiger charge is 2.18. The number of hydrogen-bond donors (Lipinski definition) is 2. The first kappa shape index (κ1) is 15.8. The molecule has 114 valence electrons. The summed E-state index contributed by atoms with van der Waals surface area (Å²) >= 11 is 1.18. The Balaban J connectivity index is 2.28. The summed E-state index contributed by atoms with van der Waals surface area (Å²) in [6.45, 7) is 3.67. The number of thiophene rings is 1. The van der Waals surface area contributed by atoms with E-state index in [1.54, 1.807) is 0 Å². The van der Waals surface area contributed by atoms with Crippen molar-refractivity contribution < 1.29 is 13.5 Å². The SMILES string of the molecule is CCc1nnc(NS(=O)(=O)c2csc(CO)c2)nc1CC. The molecule has 0 atom stereocenters. The minimum absolute atomic E-state index is 0.0409. The van der Waals surface area contributed by atoms with Crippen LogP contribution in [0.1, 0.15) is 30.1 Å². The number of aryl methyl sites for hydroxylation is 2. The standard InChI is InChI=1S/C12H16N4O3S2/c1-3-10-11(4-2)14-15-12(13-10)16-21(18,19)9-5-8(6-17)20-7-9/h5,7,17H,3-4,6H2,1-2H3,(H,13,15,16). The summed E-state index contributed by atoms with van der Waals surface area (Å²) in [7, 11) is -3.76. The molecule has 21 heavy (non-hydrogen) atoms. The van der Waals surface area contributed by atoms with Crippen molar-refractivity contribution in [2.45, 2.75) is 38.2 Å². The molecule has 0 unspecified atom stereocenters. The third kappa shape index (κ3) is 3.55. The molecule has 0 aliphatic carbocycles. The van der Waals surface area contributed by atoms with Crippen LogP contribution < -0.4 is 4.72 Å². The second-order valence-corrected chi connectivity index (χ2v) is 6.93. The van der Waals surface area contributed by atoms with Gasteiger partial charge < -0.3 is 5.11 Å². The second-order valence-electron chi connectivity index (χ2n) is 4.25. The van der Waals surface area contributed by atoms with Gasteiger partial charge in [-0.25, -0.2) is 18.1 Å². The van der Waals surface area contributed by atoms with Gasteiger partial charge in [0.2, 0.25) is 0 Å². The maximum atomic E-state index is 12.2. The summed E-state index contributed by atoms with van der Waals surface area (Å²) in [5.74, 6) is -0.0409. The van der Waals surface area contributed by atoms with E-state index in [2.05, 4.69) is 19.9 Å². The Morgan fingerprint density at radius 2 is 1.95 bits per heavy atom. The molecular weight excluding hydrogens is 312 g/mol. The average molecular weight is 328 g/mol. The van der Waals surface area contributed by atoms with Gasteiger partial charge in [0.05, 0.1) is 22.9 Å². The fourth-order valence-electron chi connectivity index (χ4n) is 1.74. The van der Waals surface area contributed by atoms with Crippen LogP contribution in [0.3, 0.4) is 0 Å². The van der Waals surface area contributed by atoms with E-state index in [0.717, 1.165) is 11.4 Å². The summed E-state index contributed by atoms with van der Waals surface area (Å²) in [6, 6.07) is 1.42. The minimum atomic E-state index is -3.76. The zero-order chi connectivity index (χ0) is 15.5. The van der Waals surface area contributed by atoms with Gasteiger partial charge in [0.1, 0.15) is 0 Å². The Morgan fingerprint density at radius 1 is 1.24 bits per heavy atom. The van der Waals surface area contributed by atoms with Crippen molar-refractivity contribution in [2.24, 2.45) is 0 Å². The molecule has 0 amide bonds. The largest absolute Gasteiger partial charge is 0.391 e. The molecule has 0 radical (unpaired) electrons. The van der Waals surface area contributed by atoms with Gasteiger partial charge in [-0.05, 0) is 18.9 Å². The zero-order valence-corrected chi connectivity index (χ0v) is 13.3. The maximum absolute atomic E-state index is 12.2. The molecule has 2 rings (SSSR count). The van der Waals surface area contributed by atoms with Crippen molar-refractivity contribution in [2.75, 3.05) is 4.72 Å². The number of aromatic nitrogens is 3. The Morgan fingerprint density at radius 3 is 2.52 bits per heavy atom. The molecule has 2 heterocycles. The molecular formula is C12H16N4O3S2. The predicted molar refractivity (Wildman–Crippen MR) is 79.6 cm³/mol. The lowest BCUT2D eigenvalue weighted by Crippen LogP contribution is -2.16. The van der Waals surface area contributed by atoms with Crippen LogP contribution >= 0.6 is 11.3 Å². The molecule has 7 nitrogen and oxygen atoms in total. The van der Waals surface area contributed by atoms with E-state index in [1.807, 2.05) is 13.8 Å². The molecule has 0 fully saturated rings. The van der Waals surface area contributed by atoms with Gasteiger partial charge in [-0.3, -0.25) is 0 Å². The van der Waals surface area contributed by atoms with E-state index in [1.165, 1.54) is 22.8 Å². The molecule has 2 N–H and O–H groups in total. The summed E-state index contributed by atoms with van der Waals surface area (Å²) < 4.78 is 26.7. The van der Waals surface area contributed by atoms with Crippen LogP contribution in [-0.2, 0) is 29.5 Å². The topological polar surface area (TPSA) is 105 Å². The van der Waals surface area contributed by atoms with Crippen LogP contribution in [0.2, 0.25) is 0 Å². The van der Waals surface area contributed by atoms with Crippen molar-refractivity contribution in [3.63, 3.8) is 0 Å². The van der Waals surface area contributed by atoms with Crippen LogP contribution in [0.25, 0.3) is 0 Å². The van der Waals surface area contributed by atoms with Crippen molar-refractivity contribution in [3.8, 4) is 0 Å². The molecule has 0 saturated heterocycles. The van der Waals surface area contributed by atoms with Gasteiger partial charge in [0.15, 0.2) is 0 Å². The predicted octanol–water partition coefficient (Wildman–Crippen LogP) is 1.35. The van der Waals surface area contributed by atoms with Gasteiger partial charge in [-0.2, -0.15) is 0 Å². The second kappa shape index (κ2) is 6.46. The van der Waals surface area contributed by atoms with Crippen LogP contribution in [0.4, 0.5) is 5.95 Å². The van der Waals surface area contributed by atoms with E-state index < -0.39 is 10.0 Å². The molecule has 0 aliphatic heterocycles. The van der Waals surface area contributed by atoms with Gasteiger partial charge in [-0.1, -0.05) is 13.8 Å². The molecule has 0 spiro atoms. The molecule has 0 aromatic carbocycles. The van der Waals surface area contributed by atoms with Crippen LogP contribution in [0.15, 0.2) is 16.3 Å².